The molecule has 2 aromatic rings. The van der Waals surface area contributed by atoms with Crippen LogP contribution in [0.3, 0.4) is 0 Å². The Hall–Kier alpha value is -1.88. The summed E-state index contributed by atoms with van der Waals surface area (Å²) in [6.07, 6.45) is 8.57. The summed E-state index contributed by atoms with van der Waals surface area (Å²) in [7, 11) is 2.14. The fourth-order valence-corrected chi connectivity index (χ4v) is 3.43. The first kappa shape index (κ1) is 20.4. The monoisotopic (exact) mass is 358 g/mol. The van der Waals surface area contributed by atoms with Gasteiger partial charge >= 0.3 is 0 Å². The van der Waals surface area contributed by atoms with Crippen molar-refractivity contribution in [3.8, 4) is 0 Å². The van der Waals surface area contributed by atoms with Gasteiger partial charge in [0.2, 0.25) is 0 Å². The number of hydrogen-bond donors (Lipinski definition) is 0. The number of carbonyl (C=O) groups is 1. The molecule has 5 nitrogen and oxygen atoms in total. The van der Waals surface area contributed by atoms with Crippen molar-refractivity contribution in [1.82, 2.24) is 19.2 Å². The van der Waals surface area contributed by atoms with E-state index in [0.29, 0.717) is 0 Å². The highest BCUT2D eigenvalue weighted by Crippen LogP contribution is 2.35. The molecule has 1 saturated heterocycles. The molecule has 0 bridgehead atoms. The minimum Gasteiger partial charge on any atom is -0.333 e. The summed E-state index contributed by atoms with van der Waals surface area (Å²) < 4.78 is 1.94. The molecular weight excluding hydrogens is 324 g/mol. The number of carbonyl (C=O) groups excluding carboxylic acids is 1. The van der Waals surface area contributed by atoms with Crippen LogP contribution in [0.25, 0.3) is 5.65 Å². The van der Waals surface area contributed by atoms with Crippen LogP contribution in [-0.4, -0.2) is 57.3 Å². The lowest BCUT2D eigenvalue weighted by Crippen LogP contribution is -2.61. The molecule has 1 atom stereocenters. The van der Waals surface area contributed by atoms with E-state index in [4.69, 9.17) is 0 Å². The van der Waals surface area contributed by atoms with E-state index < -0.39 is 0 Å². The van der Waals surface area contributed by atoms with E-state index in [0.717, 1.165) is 55.7 Å². The van der Waals surface area contributed by atoms with Crippen molar-refractivity contribution in [1.29, 1.82) is 0 Å². The van der Waals surface area contributed by atoms with Gasteiger partial charge in [-0.2, -0.15) is 0 Å². The third-order valence-electron chi connectivity index (χ3n) is 5.57. The van der Waals surface area contributed by atoms with E-state index >= 15 is 0 Å². The first-order valence-corrected chi connectivity index (χ1v) is 9.94. The quantitative estimate of drug-likeness (QED) is 0.787. The smallest absolute Gasteiger partial charge is 0.256 e. The van der Waals surface area contributed by atoms with Gasteiger partial charge < -0.3 is 14.2 Å². The SMILES string of the molecule is CC.CCc1cc2nccn2cc1C(=O)N1CCC1(C)CCN(C)CC. The minimum absolute atomic E-state index is 0.0184. The Labute approximate surface area is 158 Å². The third-order valence-corrected chi connectivity index (χ3v) is 5.57. The van der Waals surface area contributed by atoms with Gasteiger partial charge in [0.25, 0.3) is 5.91 Å². The Morgan fingerprint density at radius 2 is 2.08 bits per heavy atom. The second kappa shape index (κ2) is 8.67. The van der Waals surface area contributed by atoms with Crippen LogP contribution in [0.15, 0.2) is 24.7 Å². The van der Waals surface area contributed by atoms with Gasteiger partial charge in [-0.05, 0) is 51.4 Å². The number of aryl methyl sites for hydroxylation is 1. The molecule has 3 heterocycles. The zero-order chi connectivity index (χ0) is 19.3. The Morgan fingerprint density at radius 3 is 2.65 bits per heavy atom. The Balaban J connectivity index is 0.00000117. The predicted molar refractivity (Wildman–Crippen MR) is 108 cm³/mol. The van der Waals surface area contributed by atoms with Gasteiger partial charge in [0.1, 0.15) is 5.65 Å². The number of amides is 1. The highest BCUT2D eigenvalue weighted by atomic mass is 16.2. The van der Waals surface area contributed by atoms with Gasteiger partial charge in [-0.3, -0.25) is 4.79 Å². The zero-order valence-electron chi connectivity index (χ0n) is 17.2. The van der Waals surface area contributed by atoms with Crippen LogP contribution in [0.4, 0.5) is 0 Å². The van der Waals surface area contributed by atoms with Crippen LogP contribution >= 0.6 is 0 Å². The summed E-state index contributed by atoms with van der Waals surface area (Å²) in [4.78, 5) is 21.9. The largest absolute Gasteiger partial charge is 0.333 e. The van der Waals surface area contributed by atoms with Crippen LogP contribution < -0.4 is 0 Å². The van der Waals surface area contributed by atoms with Gasteiger partial charge in [-0.25, -0.2) is 4.98 Å². The van der Waals surface area contributed by atoms with E-state index in [1.807, 2.05) is 36.7 Å². The topological polar surface area (TPSA) is 40.9 Å². The molecular formula is C21H34N4O. The summed E-state index contributed by atoms with van der Waals surface area (Å²) in [5, 5.41) is 0. The number of nitrogens with zero attached hydrogens (tertiary/aromatic N) is 4. The van der Waals surface area contributed by atoms with Crippen LogP contribution in [-0.2, 0) is 6.42 Å². The third kappa shape index (κ3) is 3.93. The van der Waals surface area contributed by atoms with E-state index in [-0.39, 0.29) is 11.4 Å². The van der Waals surface area contributed by atoms with Crippen LogP contribution in [0.2, 0.25) is 0 Å². The van der Waals surface area contributed by atoms with Crippen molar-refractivity contribution < 1.29 is 4.79 Å². The molecule has 1 unspecified atom stereocenters. The number of likely N-dealkylation sites (tertiary alicyclic amines) is 1. The lowest BCUT2D eigenvalue weighted by molar-refractivity contribution is -0.00110. The van der Waals surface area contributed by atoms with Gasteiger partial charge in [0.15, 0.2) is 0 Å². The summed E-state index contributed by atoms with van der Waals surface area (Å²) in [6, 6.07) is 2.04. The summed E-state index contributed by atoms with van der Waals surface area (Å²) in [6.45, 7) is 13.4. The maximum Gasteiger partial charge on any atom is 0.256 e. The van der Waals surface area contributed by atoms with Crippen molar-refractivity contribution in [3.63, 3.8) is 0 Å². The highest BCUT2D eigenvalue weighted by molar-refractivity contribution is 5.97. The van der Waals surface area contributed by atoms with Crippen molar-refractivity contribution in [2.75, 3.05) is 26.7 Å². The first-order valence-electron chi connectivity index (χ1n) is 9.94. The molecule has 1 aliphatic heterocycles. The second-order valence-electron chi connectivity index (χ2n) is 7.11. The molecule has 0 saturated carbocycles. The lowest BCUT2D eigenvalue weighted by atomic mass is 9.82. The lowest BCUT2D eigenvalue weighted by Gasteiger charge is -2.51. The zero-order valence-corrected chi connectivity index (χ0v) is 17.2. The summed E-state index contributed by atoms with van der Waals surface area (Å²) in [5.41, 5.74) is 2.78. The normalized spacial score (nSPS) is 19.3. The number of fused-ring (bicyclic) bond motifs is 1. The first-order chi connectivity index (χ1) is 12.5. The van der Waals surface area contributed by atoms with Gasteiger partial charge in [-0.15, -0.1) is 0 Å². The molecule has 0 spiro atoms. The second-order valence-corrected chi connectivity index (χ2v) is 7.11. The Kier molecular flexibility index (Phi) is 6.81. The van der Waals surface area contributed by atoms with Crippen molar-refractivity contribution in [2.45, 2.75) is 59.4 Å². The van der Waals surface area contributed by atoms with Gasteiger partial charge in [-0.1, -0.05) is 27.7 Å². The average molecular weight is 359 g/mol. The molecule has 2 aromatic heterocycles. The summed E-state index contributed by atoms with van der Waals surface area (Å²) in [5.74, 6) is 0.162. The highest BCUT2D eigenvalue weighted by Gasteiger charge is 2.43. The molecule has 3 rings (SSSR count). The molecule has 1 fully saturated rings. The maximum atomic E-state index is 13.2. The van der Waals surface area contributed by atoms with Crippen molar-refractivity contribution in [2.24, 2.45) is 0 Å². The molecule has 0 aromatic carbocycles. The van der Waals surface area contributed by atoms with E-state index in [2.05, 4.69) is 42.6 Å². The van der Waals surface area contributed by atoms with Crippen LogP contribution in [0.1, 0.15) is 63.4 Å². The van der Waals surface area contributed by atoms with E-state index in [1.54, 1.807) is 6.20 Å². The molecule has 0 aliphatic carbocycles. The standard InChI is InChI=1S/C19H28N4O.C2H6/c1-5-15-13-17-20-9-12-22(17)14-16(15)18(24)23-11-8-19(23,3)7-10-21(4)6-2;1-2/h9,12-14H,5-8,10-11H2,1-4H3;1-2H3. The van der Waals surface area contributed by atoms with E-state index in [9.17, 15) is 4.79 Å². The van der Waals surface area contributed by atoms with Crippen molar-refractivity contribution in [3.05, 3.63) is 35.8 Å². The predicted octanol–water partition coefficient (Wildman–Crippen LogP) is 3.87. The molecule has 0 radical (unpaired) electrons. The number of pyridine rings is 1. The molecule has 5 heteroatoms. The Bertz CT molecular complexity index is 739. The fourth-order valence-electron chi connectivity index (χ4n) is 3.43. The van der Waals surface area contributed by atoms with Crippen LogP contribution in [0, 0.1) is 0 Å². The molecule has 1 aliphatic rings. The number of hydrogen-bond acceptors (Lipinski definition) is 3. The van der Waals surface area contributed by atoms with Crippen LogP contribution in [0.5, 0.6) is 0 Å². The maximum absolute atomic E-state index is 13.2. The molecule has 1 amide bonds. The molecule has 144 valence electrons. The number of imidazole rings is 1. The summed E-state index contributed by atoms with van der Waals surface area (Å²) >= 11 is 0. The average Bonchev–Trinajstić information content (AvgIpc) is 3.12. The van der Waals surface area contributed by atoms with Crippen molar-refractivity contribution >= 4 is 11.6 Å². The van der Waals surface area contributed by atoms with Gasteiger partial charge in [0.05, 0.1) is 5.56 Å². The minimum atomic E-state index is -0.0184. The molecule has 26 heavy (non-hydrogen) atoms. The number of rotatable bonds is 6. The fraction of sp³-hybridized carbons (Fsp3) is 0.619. The number of aromatic nitrogens is 2. The van der Waals surface area contributed by atoms with E-state index in [1.165, 1.54) is 0 Å². The van der Waals surface area contributed by atoms with Gasteiger partial charge in [0, 0.05) is 37.2 Å². The Morgan fingerprint density at radius 1 is 1.35 bits per heavy atom. The molecule has 0 N–H and O–H groups in total.